The molecule has 126 valence electrons. The van der Waals surface area contributed by atoms with E-state index < -0.39 is 21.9 Å². The van der Waals surface area contributed by atoms with E-state index in [1.807, 2.05) is 0 Å². The van der Waals surface area contributed by atoms with Gasteiger partial charge in [-0.25, -0.2) is 13.1 Å². The molecule has 0 fully saturated rings. The molecule has 0 aromatic heterocycles. The Labute approximate surface area is 138 Å². The average Bonchev–Trinajstić information content (AvgIpc) is 3.03. The van der Waals surface area contributed by atoms with Gasteiger partial charge in [-0.2, -0.15) is 0 Å². The molecular weight excluding hydrogens is 334 g/mol. The van der Waals surface area contributed by atoms with E-state index >= 15 is 0 Å². The second kappa shape index (κ2) is 6.50. The molecule has 0 radical (unpaired) electrons. The average molecular weight is 349 g/mol. The highest BCUT2D eigenvalue weighted by atomic mass is 32.2. The number of ether oxygens (including phenoxy) is 2. The molecule has 0 saturated heterocycles. The van der Waals surface area contributed by atoms with E-state index in [4.69, 9.17) is 9.47 Å². The number of sulfonamides is 1. The van der Waals surface area contributed by atoms with Crippen LogP contribution in [0.25, 0.3) is 0 Å². The molecule has 0 aliphatic carbocycles. The van der Waals surface area contributed by atoms with E-state index in [9.17, 15) is 18.3 Å². The smallest absolute Gasteiger partial charge is 0.312 e. The van der Waals surface area contributed by atoms with Gasteiger partial charge in [-0.3, -0.25) is 4.79 Å². The standard InChI is InChI=1S/C16H15NO6S/c18-16(19)13(11-4-2-1-3-5-11)9-17-24(20,21)12-6-7-14-15(8-12)23-10-22-14/h1-8,13,17H,9-10H2,(H,18,19). The van der Waals surface area contributed by atoms with Crippen molar-refractivity contribution in [1.82, 2.24) is 4.72 Å². The molecule has 1 atom stereocenters. The molecule has 0 bridgehead atoms. The maximum Gasteiger partial charge on any atom is 0.312 e. The molecule has 1 aliphatic heterocycles. The van der Waals surface area contributed by atoms with Crippen molar-refractivity contribution in [3.05, 3.63) is 54.1 Å². The van der Waals surface area contributed by atoms with Crippen molar-refractivity contribution >= 4 is 16.0 Å². The van der Waals surface area contributed by atoms with Crippen molar-refractivity contribution in [3.8, 4) is 11.5 Å². The van der Waals surface area contributed by atoms with Crippen molar-refractivity contribution in [1.29, 1.82) is 0 Å². The van der Waals surface area contributed by atoms with E-state index in [-0.39, 0.29) is 18.2 Å². The number of rotatable bonds is 6. The zero-order valence-electron chi connectivity index (χ0n) is 12.5. The van der Waals surface area contributed by atoms with Crippen LogP contribution in [-0.4, -0.2) is 32.8 Å². The Morgan fingerprint density at radius 3 is 2.54 bits per heavy atom. The Kier molecular flexibility index (Phi) is 4.41. The largest absolute Gasteiger partial charge is 0.481 e. The molecule has 0 saturated carbocycles. The summed E-state index contributed by atoms with van der Waals surface area (Å²) < 4.78 is 37.4. The van der Waals surface area contributed by atoms with Gasteiger partial charge in [0.25, 0.3) is 0 Å². The number of benzene rings is 2. The maximum atomic E-state index is 12.4. The number of carboxylic acids is 1. The summed E-state index contributed by atoms with van der Waals surface area (Å²) in [5, 5.41) is 9.35. The number of carbonyl (C=O) groups is 1. The van der Waals surface area contributed by atoms with Crippen molar-refractivity contribution < 1.29 is 27.8 Å². The summed E-state index contributed by atoms with van der Waals surface area (Å²) >= 11 is 0. The summed E-state index contributed by atoms with van der Waals surface area (Å²) in [6, 6.07) is 12.7. The number of hydrogen-bond donors (Lipinski definition) is 2. The Hall–Kier alpha value is -2.58. The predicted molar refractivity (Wildman–Crippen MR) is 84.6 cm³/mol. The van der Waals surface area contributed by atoms with Gasteiger partial charge in [-0.1, -0.05) is 30.3 Å². The fourth-order valence-corrected chi connectivity index (χ4v) is 3.42. The number of nitrogens with one attached hydrogen (secondary N) is 1. The topological polar surface area (TPSA) is 102 Å². The van der Waals surface area contributed by atoms with E-state index in [1.54, 1.807) is 30.3 Å². The summed E-state index contributed by atoms with van der Waals surface area (Å²) in [5.74, 6) is -1.26. The van der Waals surface area contributed by atoms with Gasteiger partial charge in [-0.05, 0) is 17.7 Å². The van der Waals surface area contributed by atoms with E-state index in [0.717, 1.165) is 0 Å². The Morgan fingerprint density at radius 1 is 1.12 bits per heavy atom. The summed E-state index contributed by atoms with van der Waals surface area (Å²) in [6.45, 7) is -0.211. The van der Waals surface area contributed by atoms with Crippen molar-refractivity contribution in [2.24, 2.45) is 0 Å². The predicted octanol–water partition coefficient (Wildman–Crippen LogP) is 1.56. The molecule has 24 heavy (non-hydrogen) atoms. The first kappa shape index (κ1) is 16.3. The molecule has 0 spiro atoms. The second-order valence-corrected chi connectivity index (χ2v) is 6.94. The molecule has 3 rings (SSSR count). The minimum Gasteiger partial charge on any atom is -0.481 e. The third kappa shape index (κ3) is 3.34. The van der Waals surface area contributed by atoms with Gasteiger partial charge in [0.1, 0.15) is 0 Å². The van der Waals surface area contributed by atoms with Crippen LogP contribution in [0.5, 0.6) is 11.5 Å². The van der Waals surface area contributed by atoms with Gasteiger partial charge in [0.2, 0.25) is 16.8 Å². The number of aliphatic carboxylic acids is 1. The van der Waals surface area contributed by atoms with Crippen LogP contribution < -0.4 is 14.2 Å². The van der Waals surface area contributed by atoms with E-state index in [2.05, 4.69) is 4.72 Å². The zero-order chi connectivity index (χ0) is 17.2. The first-order valence-electron chi connectivity index (χ1n) is 7.14. The lowest BCUT2D eigenvalue weighted by Gasteiger charge is -2.14. The fraction of sp³-hybridized carbons (Fsp3) is 0.188. The summed E-state index contributed by atoms with van der Waals surface area (Å²) in [7, 11) is -3.87. The van der Waals surface area contributed by atoms with Crippen LogP contribution in [0, 0.1) is 0 Å². The van der Waals surface area contributed by atoms with Gasteiger partial charge in [0.15, 0.2) is 11.5 Å². The first-order chi connectivity index (χ1) is 11.5. The zero-order valence-corrected chi connectivity index (χ0v) is 13.3. The molecule has 2 aromatic carbocycles. The lowest BCUT2D eigenvalue weighted by Crippen LogP contribution is -2.31. The molecule has 1 unspecified atom stereocenters. The van der Waals surface area contributed by atoms with Gasteiger partial charge in [-0.15, -0.1) is 0 Å². The second-order valence-electron chi connectivity index (χ2n) is 5.17. The number of hydrogen-bond acceptors (Lipinski definition) is 5. The minimum atomic E-state index is -3.87. The molecule has 1 aliphatic rings. The molecule has 7 nitrogen and oxygen atoms in total. The summed E-state index contributed by atoms with van der Waals surface area (Å²) in [4.78, 5) is 11.4. The van der Waals surface area contributed by atoms with Crippen molar-refractivity contribution in [2.75, 3.05) is 13.3 Å². The fourth-order valence-electron chi connectivity index (χ4n) is 2.35. The SMILES string of the molecule is O=C(O)C(CNS(=O)(=O)c1ccc2c(c1)OCO2)c1ccccc1. The van der Waals surface area contributed by atoms with E-state index in [0.29, 0.717) is 17.1 Å². The van der Waals surface area contributed by atoms with Gasteiger partial charge in [0, 0.05) is 12.6 Å². The van der Waals surface area contributed by atoms with E-state index in [1.165, 1.54) is 18.2 Å². The summed E-state index contributed by atoms with van der Waals surface area (Å²) in [6.07, 6.45) is 0. The van der Waals surface area contributed by atoms with Crippen LogP contribution in [0.15, 0.2) is 53.4 Å². The Balaban J connectivity index is 1.78. The molecular formula is C16H15NO6S. The molecule has 8 heteroatoms. The van der Waals surface area contributed by atoms with Crippen LogP contribution in [0.1, 0.15) is 11.5 Å². The van der Waals surface area contributed by atoms with Crippen molar-refractivity contribution in [2.45, 2.75) is 10.8 Å². The first-order valence-corrected chi connectivity index (χ1v) is 8.63. The van der Waals surface area contributed by atoms with Gasteiger partial charge < -0.3 is 14.6 Å². The normalized spacial score (nSPS) is 14.3. The van der Waals surface area contributed by atoms with Crippen LogP contribution >= 0.6 is 0 Å². The lowest BCUT2D eigenvalue weighted by atomic mass is 10.00. The third-order valence-corrected chi connectivity index (χ3v) is 5.05. The lowest BCUT2D eigenvalue weighted by molar-refractivity contribution is -0.138. The number of carboxylic acid groups (broad SMARTS) is 1. The highest BCUT2D eigenvalue weighted by molar-refractivity contribution is 7.89. The Morgan fingerprint density at radius 2 is 1.83 bits per heavy atom. The van der Waals surface area contributed by atoms with Crippen LogP contribution in [-0.2, 0) is 14.8 Å². The number of fused-ring (bicyclic) bond motifs is 1. The molecule has 2 N–H and O–H groups in total. The minimum absolute atomic E-state index is 0.0102. The van der Waals surface area contributed by atoms with Crippen LogP contribution in [0.3, 0.4) is 0 Å². The third-order valence-electron chi connectivity index (χ3n) is 3.63. The maximum absolute atomic E-state index is 12.4. The van der Waals surface area contributed by atoms with Crippen LogP contribution in [0.2, 0.25) is 0 Å². The highest BCUT2D eigenvalue weighted by Crippen LogP contribution is 2.33. The van der Waals surface area contributed by atoms with Gasteiger partial charge >= 0.3 is 5.97 Å². The summed E-state index contributed by atoms with van der Waals surface area (Å²) in [5.41, 5.74) is 0.526. The van der Waals surface area contributed by atoms with Gasteiger partial charge in [0.05, 0.1) is 10.8 Å². The van der Waals surface area contributed by atoms with Crippen molar-refractivity contribution in [3.63, 3.8) is 0 Å². The molecule has 1 heterocycles. The monoisotopic (exact) mass is 349 g/mol. The Bertz CT molecular complexity index is 850. The quantitative estimate of drug-likeness (QED) is 0.821. The molecule has 2 aromatic rings. The highest BCUT2D eigenvalue weighted by Gasteiger charge is 2.25. The van der Waals surface area contributed by atoms with Crippen LogP contribution in [0.4, 0.5) is 0 Å². The molecule has 0 amide bonds.